The van der Waals surface area contributed by atoms with E-state index in [4.69, 9.17) is 4.74 Å². The van der Waals surface area contributed by atoms with Gasteiger partial charge in [-0.3, -0.25) is 0 Å². The first kappa shape index (κ1) is 18.3. The molecule has 19 heavy (non-hydrogen) atoms. The van der Waals surface area contributed by atoms with Crippen LogP contribution in [0, 0.1) is 11.8 Å². The zero-order chi connectivity index (χ0) is 15.1. The van der Waals surface area contributed by atoms with Crippen LogP contribution in [0.2, 0.25) is 0 Å². The molecule has 114 valence electrons. The van der Waals surface area contributed by atoms with Crippen LogP contribution in [0.5, 0.6) is 0 Å². The average molecular weight is 271 g/mol. The molecule has 1 amide bonds. The van der Waals surface area contributed by atoms with Gasteiger partial charge in [0.2, 0.25) is 0 Å². The molecule has 0 saturated heterocycles. The van der Waals surface area contributed by atoms with Crippen molar-refractivity contribution in [3.05, 3.63) is 0 Å². The lowest BCUT2D eigenvalue weighted by Gasteiger charge is -2.32. The van der Waals surface area contributed by atoms with Crippen molar-refractivity contribution >= 4 is 6.09 Å². The molecular weight excluding hydrogens is 238 g/mol. The van der Waals surface area contributed by atoms with E-state index in [2.05, 4.69) is 19.2 Å². The van der Waals surface area contributed by atoms with Crippen molar-refractivity contribution in [3.63, 3.8) is 0 Å². The van der Waals surface area contributed by atoms with Gasteiger partial charge in [0.15, 0.2) is 0 Å². The molecule has 3 nitrogen and oxygen atoms in total. The Morgan fingerprint density at radius 1 is 1.21 bits per heavy atom. The molecule has 0 aliphatic heterocycles. The summed E-state index contributed by atoms with van der Waals surface area (Å²) >= 11 is 0. The lowest BCUT2D eigenvalue weighted by molar-refractivity contribution is 0.0479. The molecule has 1 aliphatic rings. The SMILES string of the molecule is CC.CC(C)C1CCCC(NC(=O)OC(C)(C)C)C1. The van der Waals surface area contributed by atoms with Crippen molar-refractivity contribution in [3.8, 4) is 0 Å². The van der Waals surface area contributed by atoms with Crippen LogP contribution in [-0.2, 0) is 4.74 Å². The Bertz CT molecular complexity index is 256. The summed E-state index contributed by atoms with van der Waals surface area (Å²) < 4.78 is 5.29. The lowest BCUT2D eigenvalue weighted by Crippen LogP contribution is -2.42. The molecule has 0 aromatic heterocycles. The zero-order valence-corrected chi connectivity index (χ0v) is 13.9. The molecule has 2 atom stereocenters. The van der Waals surface area contributed by atoms with Gasteiger partial charge in [0.25, 0.3) is 0 Å². The van der Waals surface area contributed by atoms with E-state index >= 15 is 0 Å². The molecule has 0 bridgehead atoms. The summed E-state index contributed by atoms with van der Waals surface area (Å²) in [7, 11) is 0. The summed E-state index contributed by atoms with van der Waals surface area (Å²) in [5.41, 5.74) is -0.407. The summed E-state index contributed by atoms with van der Waals surface area (Å²) in [5, 5.41) is 3.00. The Morgan fingerprint density at radius 2 is 1.79 bits per heavy atom. The van der Waals surface area contributed by atoms with E-state index in [0.29, 0.717) is 12.0 Å². The second-order valence-electron chi connectivity index (χ2n) is 6.51. The van der Waals surface area contributed by atoms with Crippen LogP contribution in [0.25, 0.3) is 0 Å². The second kappa shape index (κ2) is 8.44. The van der Waals surface area contributed by atoms with E-state index in [0.717, 1.165) is 18.8 Å². The molecule has 1 aliphatic carbocycles. The molecule has 0 spiro atoms. The number of carbonyl (C=O) groups excluding carboxylic acids is 1. The fraction of sp³-hybridized carbons (Fsp3) is 0.938. The number of amides is 1. The van der Waals surface area contributed by atoms with Crippen molar-refractivity contribution < 1.29 is 9.53 Å². The minimum Gasteiger partial charge on any atom is -0.444 e. The first-order valence-electron chi connectivity index (χ1n) is 7.77. The van der Waals surface area contributed by atoms with Crippen LogP contribution in [0.4, 0.5) is 4.79 Å². The summed E-state index contributed by atoms with van der Waals surface area (Å²) in [6.07, 6.45) is 4.42. The summed E-state index contributed by atoms with van der Waals surface area (Å²) in [4.78, 5) is 11.7. The minimum absolute atomic E-state index is 0.271. The van der Waals surface area contributed by atoms with Gasteiger partial charge in [-0.1, -0.05) is 40.5 Å². The highest BCUT2D eigenvalue weighted by molar-refractivity contribution is 5.68. The third kappa shape index (κ3) is 8.12. The lowest BCUT2D eigenvalue weighted by atomic mass is 9.79. The highest BCUT2D eigenvalue weighted by Crippen LogP contribution is 2.30. The van der Waals surface area contributed by atoms with Crippen LogP contribution in [0.1, 0.15) is 74.1 Å². The Morgan fingerprint density at radius 3 is 2.26 bits per heavy atom. The van der Waals surface area contributed by atoms with E-state index in [1.165, 1.54) is 12.8 Å². The average Bonchev–Trinajstić information content (AvgIpc) is 2.29. The maximum Gasteiger partial charge on any atom is 0.407 e. The van der Waals surface area contributed by atoms with Gasteiger partial charge in [-0.15, -0.1) is 0 Å². The largest absolute Gasteiger partial charge is 0.444 e. The molecule has 0 radical (unpaired) electrons. The third-order valence-corrected chi connectivity index (χ3v) is 3.38. The molecule has 1 saturated carbocycles. The van der Waals surface area contributed by atoms with Gasteiger partial charge < -0.3 is 10.1 Å². The highest BCUT2D eigenvalue weighted by Gasteiger charge is 2.26. The number of ether oxygens (including phenoxy) is 1. The first-order valence-corrected chi connectivity index (χ1v) is 7.77. The van der Waals surface area contributed by atoms with Gasteiger partial charge >= 0.3 is 6.09 Å². The second-order valence-corrected chi connectivity index (χ2v) is 6.51. The number of carbonyl (C=O) groups is 1. The van der Waals surface area contributed by atoms with Crippen LogP contribution in [0.3, 0.4) is 0 Å². The Hall–Kier alpha value is -0.730. The molecule has 1 fully saturated rings. The smallest absolute Gasteiger partial charge is 0.407 e. The number of nitrogens with one attached hydrogen (secondary N) is 1. The van der Waals surface area contributed by atoms with Crippen LogP contribution in [-0.4, -0.2) is 17.7 Å². The van der Waals surface area contributed by atoms with Gasteiger partial charge in [0.05, 0.1) is 0 Å². The standard InChI is InChI=1S/C14H27NO2.C2H6/c1-10(2)11-7-6-8-12(9-11)15-13(16)17-14(3,4)5;1-2/h10-12H,6-9H2,1-5H3,(H,15,16);1-2H3. The van der Waals surface area contributed by atoms with Crippen LogP contribution in [0.15, 0.2) is 0 Å². The van der Waals surface area contributed by atoms with E-state index in [1.54, 1.807) is 0 Å². The number of alkyl carbamates (subject to hydrolysis) is 1. The minimum atomic E-state index is -0.407. The molecule has 1 rings (SSSR count). The highest BCUT2D eigenvalue weighted by atomic mass is 16.6. The molecule has 0 heterocycles. The van der Waals surface area contributed by atoms with Gasteiger partial charge in [0, 0.05) is 6.04 Å². The normalized spacial score (nSPS) is 23.4. The summed E-state index contributed by atoms with van der Waals surface area (Å²) in [6, 6.07) is 0.297. The monoisotopic (exact) mass is 271 g/mol. The van der Waals surface area contributed by atoms with Crippen LogP contribution < -0.4 is 5.32 Å². The van der Waals surface area contributed by atoms with Crippen molar-refractivity contribution in [2.75, 3.05) is 0 Å². The topological polar surface area (TPSA) is 38.3 Å². The quantitative estimate of drug-likeness (QED) is 0.787. The van der Waals surface area contributed by atoms with Crippen molar-refractivity contribution in [2.24, 2.45) is 11.8 Å². The zero-order valence-electron chi connectivity index (χ0n) is 13.9. The number of hydrogen-bond acceptors (Lipinski definition) is 2. The molecule has 2 unspecified atom stereocenters. The Balaban J connectivity index is 0.00000154. The van der Waals surface area contributed by atoms with Gasteiger partial charge in [-0.2, -0.15) is 0 Å². The van der Waals surface area contributed by atoms with E-state index < -0.39 is 5.60 Å². The van der Waals surface area contributed by atoms with Gasteiger partial charge in [0.1, 0.15) is 5.60 Å². The fourth-order valence-electron chi connectivity index (χ4n) is 2.44. The Labute approximate surface area is 119 Å². The van der Waals surface area contributed by atoms with E-state index in [-0.39, 0.29) is 6.09 Å². The van der Waals surface area contributed by atoms with E-state index in [1.807, 2.05) is 34.6 Å². The maximum atomic E-state index is 11.7. The van der Waals surface area contributed by atoms with Crippen molar-refractivity contribution in [2.45, 2.75) is 85.8 Å². The predicted octanol–water partition coefficient (Wildman–Crippen LogP) is 4.75. The third-order valence-electron chi connectivity index (χ3n) is 3.38. The van der Waals surface area contributed by atoms with Gasteiger partial charge in [-0.25, -0.2) is 4.79 Å². The molecule has 0 aromatic rings. The predicted molar refractivity (Wildman–Crippen MR) is 81.3 cm³/mol. The number of rotatable bonds is 2. The summed E-state index contributed by atoms with van der Waals surface area (Å²) in [6.45, 7) is 14.2. The molecule has 1 N–H and O–H groups in total. The van der Waals surface area contributed by atoms with Gasteiger partial charge in [-0.05, 0) is 45.4 Å². The first-order chi connectivity index (χ1) is 8.78. The summed E-state index contributed by atoms with van der Waals surface area (Å²) in [5.74, 6) is 1.45. The molecule has 3 heteroatoms. The molecule has 0 aromatic carbocycles. The number of hydrogen-bond donors (Lipinski definition) is 1. The van der Waals surface area contributed by atoms with Crippen molar-refractivity contribution in [1.82, 2.24) is 5.32 Å². The van der Waals surface area contributed by atoms with Crippen LogP contribution >= 0.6 is 0 Å². The Kier molecular flexibility index (Phi) is 8.12. The maximum absolute atomic E-state index is 11.7. The van der Waals surface area contributed by atoms with E-state index in [9.17, 15) is 4.79 Å². The fourth-order valence-corrected chi connectivity index (χ4v) is 2.44. The van der Waals surface area contributed by atoms with Crippen molar-refractivity contribution in [1.29, 1.82) is 0 Å². The molecular formula is C16H33NO2.